The summed E-state index contributed by atoms with van der Waals surface area (Å²) in [5.74, 6) is -0.800. The second kappa shape index (κ2) is 9.54. The quantitative estimate of drug-likeness (QED) is 0.475. The molecule has 7 heteroatoms. The number of Topliss-reactive ketones (excluding diaryl/α,β-unsaturated/α-hetero) is 1. The topological polar surface area (TPSA) is 72.9 Å². The number of piperidine rings is 1. The molecule has 1 fully saturated rings. The lowest BCUT2D eigenvalue weighted by atomic mass is 10.0. The molecule has 1 saturated heterocycles. The predicted molar refractivity (Wildman–Crippen MR) is 109 cm³/mol. The molecule has 154 valence electrons. The maximum absolute atomic E-state index is 12.8. The van der Waals surface area contributed by atoms with Crippen molar-refractivity contribution >= 4 is 33.8 Å². The first-order valence-corrected chi connectivity index (χ1v) is 10.4. The number of benzene rings is 1. The van der Waals surface area contributed by atoms with Gasteiger partial charge in [-0.2, -0.15) is 0 Å². The van der Waals surface area contributed by atoms with E-state index in [0.29, 0.717) is 24.9 Å². The van der Waals surface area contributed by atoms with Crippen LogP contribution in [0.5, 0.6) is 0 Å². The second-order valence-corrected chi connectivity index (χ2v) is 8.81. The zero-order valence-electron chi connectivity index (χ0n) is 16.9. The van der Waals surface area contributed by atoms with Gasteiger partial charge in [-0.3, -0.25) is 9.69 Å². The normalized spacial score (nSPS) is 18.3. The van der Waals surface area contributed by atoms with Crippen LogP contribution in [0.3, 0.4) is 0 Å². The number of hydrogen-bond acceptors (Lipinski definition) is 5. The van der Waals surface area contributed by atoms with Crippen molar-refractivity contribution in [3.63, 3.8) is 0 Å². The van der Waals surface area contributed by atoms with Crippen LogP contribution in [0.2, 0.25) is 0 Å². The van der Waals surface area contributed by atoms with Gasteiger partial charge in [0.15, 0.2) is 6.10 Å². The minimum absolute atomic E-state index is 0.247. The van der Waals surface area contributed by atoms with Gasteiger partial charge in [-0.1, -0.05) is 35.0 Å². The number of carbonyl (C=O) groups is 3. The largest absolute Gasteiger partial charge is 0.452 e. The molecule has 1 amide bonds. The average Bonchev–Trinajstić information content (AvgIpc) is 2.64. The monoisotopic (exact) mass is 453 g/mol. The van der Waals surface area contributed by atoms with E-state index in [1.807, 2.05) is 0 Å². The summed E-state index contributed by atoms with van der Waals surface area (Å²) >= 11 is 3.34. The summed E-state index contributed by atoms with van der Waals surface area (Å²) < 4.78 is 11.8. The van der Waals surface area contributed by atoms with Crippen LogP contribution < -0.4 is 0 Å². The van der Waals surface area contributed by atoms with Gasteiger partial charge in [0.25, 0.3) is 0 Å². The maximum Gasteiger partial charge on any atom is 0.411 e. The standard InChI is InChI=1S/C21H28BrNO5/c1-5-17(18(24)14-9-11-15(22)12-10-14)27-19(25)16-8-6-7-13-23(16)20(26)28-21(2,3)4/h9-12,16-17H,5-8,13H2,1-4H3/t16-,17?/m0/s1. The highest BCUT2D eigenvalue weighted by Crippen LogP contribution is 2.23. The van der Waals surface area contributed by atoms with Gasteiger partial charge in [0, 0.05) is 16.6 Å². The highest BCUT2D eigenvalue weighted by Gasteiger charge is 2.37. The van der Waals surface area contributed by atoms with E-state index < -0.39 is 29.8 Å². The van der Waals surface area contributed by atoms with Crippen molar-refractivity contribution in [2.75, 3.05) is 6.54 Å². The molecule has 1 heterocycles. The minimum atomic E-state index is -0.879. The average molecular weight is 454 g/mol. The van der Waals surface area contributed by atoms with E-state index in [1.165, 1.54) is 4.90 Å². The van der Waals surface area contributed by atoms with Crippen LogP contribution in [0.4, 0.5) is 4.79 Å². The Morgan fingerprint density at radius 1 is 1.18 bits per heavy atom. The van der Waals surface area contributed by atoms with Crippen LogP contribution >= 0.6 is 15.9 Å². The molecular formula is C21H28BrNO5. The lowest BCUT2D eigenvalue weighted by Crippen LogP contribution is -2.51. The smallest absolute Gasteiger partial charge is 0.411 e. The number of hydrogen-bond donors (Lipinski definition) is 0. The minimum Gasteiger partial charge on any atom is -0.452 e. The summed E-state index contributed by atoms with van der Waals surface area (Å²) in [7, 11) is 0. The van der Waals surface area contributed by atoms with Crippen molar-refractivity contribution in [2.45, 2.75) is 71.1 Å². The van der Waals surface area contributed by atoms with E-state index in [-0.39, 0.29) is 5.78 Å². The molecule has 1 aliphatic rings. The van der Waals surface area contributed by atoms with E-state index >= 15 is 0 Å². The molecule has 6 nitrogen and oxygen atoms in total. The molecule has 2 atom stereocenters. The number of ketones is 1. The molecule has 2 rings (SSSR count). The van der Waals surface area contributed by atoms with Crippen molar-refractivity contribution in [3.8, 4) is 0 Å². The fourth-order valence-electron chi connectivity index (χ4n) is 3.06. The highest BCUT2D eigenvalue weighted by molar-refractivity contribution is 9.10. The summed E-state index contributed by atoms with van der Waals surface area (Å²) in [5, 5.41) is 0. The van der Waals surface area contributed by atoms with Crippen molar-refractivity contribution in [2.24, 2.45) is 0 Å². The highest BCUT2D eigenvalue weighted by atomic mass is 79.9. The Bertz CT molecular complexity index is 711. The molecule has 28 heavy (non-hydrogen) atoms. The van der Waals surface area contributed by atoms with Crippen LogP contribution in [0, 0.1) is 0 Å². The van der Waals surface area contributed by atoms with Gasteiger partial charge in [0.1, 0.15) is 11.6 Å². The molecule has 1 aromatic carbocycles. The van der Waals surface area contributed by atoms with Crippen LogP contribution in [0.25, 0.3) is 0 Å². The number of nitrogens with zero attached hydrogens (tertiary/aromatic N) is 1. The number of ether oxygens (including phenoxy) is 2. The number of likely N-dealkylation sites (tertiary alicyclic amines) is 1. The van der Waals surface area contributed by atoms with Crippen molar-refractivity contribution < 1.29 is 23.9 Å². The first-order chi connectivity index (χ1) is 13.1. The molecule has 0 N–H and O–H groups in total. The lowest BCUT2D eigenvalue weighted by Gasteiger charge is -2.35. The zero-order valence-corrected chi connectivity index (χ0v) is 18.5. The van der Waals surface area contributed by atoms with Crippen molar-refractivity contribution in [1.82, 2.24) is 4.90 Å². The fourth-order valence-corrected chi connectivity index (χ4v) is 3.32. The van der Waals surface area contributed by atoms with E-state index in [4.69, 9.17) is 9.47 Å². The molecule has 0 spiro atoms. The molecule has 1 aliphatic heterocycles. The third kappa shape index (κ3) is 6.06. The van der Waals surface area contributed by atoms with Gasteiger partial charge >= 0.3 is 12.1 Å². The summed E-state index contributed by atoms with van der Waals surface area (Å²) in [6, 6.07) is 6.20. The van der Waals surface area contributed by atoms with Crippen LogP contribution in [-0.4, -0.2) is 47.0 Å². The molecule has 1 aromatic rings. The van der Waals surface area contributed by atoms with Crippen LogP contribution in [0.15, 0.2) is 28.7 Å². The van der Waals surface area contributed by atoms with E-state index in [1.54, 1.807) is 52.0 Å². The van der Waals surface area contributed by atoms with Gasteiger partial charge < -0.3 is 9.47 Å². The van der Waals surface area contributed by atoms with Crippen molar-refractivity contribution in [1.29, 1.82) is 0 Å². The van der Waals surface area contributed by atoms with Gasteiger partial charge in [-0.25, -0.2) is 9.59 Å². The summed E-state index contributed by atoms with van der Waals surface area (Å²) in [6.07, 6.45) is 1.08. The predicted octanol–water partition coefficient (Wildman–Crippen LogP) is 4.74. The molecular weight excluding hydrogens is 426 g/mol. The van der Waals surface area contributed by atoms with Gasteiger partial charge in [-0.05, 0) is 58.6 Å². The number of carbonyl (C=O) groups excluding carboxylic acids is 3. The second-order valence-electron chi connectivity index (χ2n) is 7.89. The first-order valence-electron chi connectivity index (χ1n) is 9.62. The Labute approximate surface area is 174 Å². The SMILES string of the molecule is CCC(OC(=O)[C@@H]1CCCCN1C(=O)OC(C)(C)C)C(=O)c1ccc(Br)cc1. The third-order valence-electron chi connectivity index (χ3n) is 4.45. The third-order valence-corrected chi connectivity index (χ3v) is 4.98. The first kappa shape index (κ1) is 22.4. The lowest BCUT2D eigenvalue weighted by molar-refractivity contribution is -0.154. The number of esters is 1. The molecule has 0 bridgehead atoms. The van der Waals surface area contributed by atoms with E-state index in [2.05, 4.69) is 15.9 Å². The van der Waals surface area contributed by atoms with Crippen LogP contribution in [0.1, 0.15) is 63.7 Å². The van der Waals surface area contributed by atoms with Gasteiger partial charge in [0.05, 0.1) is 0 Å². The molecule has 0 radical (unpaired) electrons. The Morgan fingerprint density at radius 2 is 1.82 bits per heavy atom. The summed E-state index contributed by atoms with van der Waals surface area (Å²) in [5.41, 5.74) is -0.164. The molecule has 0 aromatic heterocycles. The molecule has 0 saturated carbocycles. The van der Waals surface area contributed by atoms with Gasteiger partial charge in [0.2, 0.25) is 5.78 Å². The number of amides is 1. The number of rotatable bonds is 5. The summed E-state index contributed by atoms with van der Waals surface area (Å²) in [6.45, 7) is 7.58. The Kier molecular flexibility index (Phi) is 7.63. The van der Waals surface area contributed by atoms with Crippen LogP contribution in [-0.2, 0) is 14.3 Å². The zero-order chi connectivity index (χ0) is 20.9. The molecule has 1 unspecified atom stereocenters. The Balaban J connectivity index is 2.09. The number of halogens is 1. The Hall–Kier alpha value is -1.89. The van der Waals surface area contributed by atoms with Gasteiger partial charge in [-0.15, -0.1) is 0 Å². The van der Waals surface area contributed by atoms with E-state index in [9.17, 15) is 14.4 Å². The molecule has 0 aliphatic carbocycles. The van der Waals surface area contributed by atoms with Crippen molar-refractivity contribution in [3.05, 3.63) is 34.3 Å². The Morgan fingerprint density at radius 3 is 2.39 bits per heavy atom. The fraction of sp³-hybridized carbons (Fsp3) is 0.571. The maximum atomic E-state index is 12.8. The van der Waals surface area contributed by atoms with E-state index in [0.717, 1.165) is 17.3 Å². The summed E-state index contributed by atoms with van der Waals surface area (Å²) in [4.78, 5) is 39.4.